The SMILES string of the molecule is CC(C)(C)CC1CCC(O)C(=O)C1CO. The van der Waals surface area contributed by atoms with Crippen LogP contribution in [0.15, 0.2) is 0 Å². The summed E-state index contributed by atoms with van der Waals surface area (Å²) >= 11 is 0. The van der Waals surface area contributed by atoms with Gasteiger partial charge in [0.05, 0.1) is 6.61 Å². The second-order valence-corrected chi connectivity index (χ2v) is 5.81. The van der Waals surface area contributed by atoms with E-state index in [2.05, 4.69) is 20.8 Å². The van der Waals surface area contributed by atoms with Crippen LogP contribution in [0.2, 0.25) is 0 Å². The van der Waals surface area contributed by atoms with Crippen LogP contribution in [0.5, 0.6) is 0 Å². The van der Waals surface area contributed by atoms with Gasteiger partial charge in [0.2, 0.25) is 0 Å². The van der Waals surface area contributed by atoms with E-state index in [1.807, 2.05) is 0 Å². The predicted molar refractivity (Wildman–Crippen MR) is 58.4 cm³/mol. The van der Waals surface area contributed by atoms with Crippen LogP contribution in [0, 0.1) is 17.3 Å². The average Bonchev–Trinajstić information content (AvgIpc) is 2.10. The standard InChI is InChI=1S/C12H22O3/c1-12(2,3)6-8-4-5-10(14)11(15)9(8)7-13/h8-10,13-14H,4-7H2,1-3H3. The smallest absolute Gasteiger partial charge is 0.166 e. The van der Waals surface area contributed by atoms with Crippen LogP contribution in [0.4, 0.5) is 0 Å². The zero-order valence-corrected chi connectivity index (χ0v) is 9.86. The summed E-state index contributed by atoms with van der Waals surface area (Å²) in [4.78, 5) is 11.6. The molecule has 88 valence electrons. The molecule has 0 spiro atoms. The third-order valence-electron chi connectivity index (χ3n) is 3.15. The summed E-state index contributed by atoms with van der Waals surface area (Å²) in [7, 11) is 0. The van der Waals surface area contributed by atoms with Crippen LogP contribution < -0.4 is 0 Å². The first kappa shape index (κ1) is 12.7. The molecule has 0 aromatic carbocycles. The zero-order valence-electron chi connectivity index (χ0n) is 9.86. The van der Waals surface area contributed by atoms with Crippen molar-refractivity contribution in [2.24, 2.45) is 17.3 Å². The highest BCUT2D eigenvalue weighted by Crippen LogP contribution is 2.36. The molecule has 0 saturated heterocycles. The minimum atomic E-state index is -0.849. The van der Waals surface area contributed by atoms with Crippen LogP contribution in [0.3, 0.4) is 0 Å². The maximum absolute atomic E-state index is 11.6. The summed E-state index contributed by atoms with van der Waals surface area (Å²) in [6.07, 6.45) is 1.47. The summed E-state index contributed by atoms with van der Waals surface area (Å²) in [6.45, 7) is 6.28. The van der Waals surface area contributed by atoms with Crippen LogP contribution in [-0.4, -0.2) is 28.7 Å². The Labute approximate surface area is 91.5 Å². The molecule has 1 aliphatic carbocycles. The molecule has 1 aliphatic rings. The molecule has 0 radical (unpaired) electrons. The Morgan fingerprint density at radius 1 is 1.33 bits per heavy atom. The van der Waals surface area contributed by atoms with E-state index in [9.17, 15) is 15.0 Å². The van der Waals surface area contributed by atoms with Crippen molar-refractivity contribution in [3.8, 4) is 0 Å². The van der Waals surface area contributed by atoms with E-state index in [1.54, 1.807) is 0 Å². The molecule has 1 saturated carbocycles. The minimum Gasteiger partial charge on any atom is -0.396 e. The lowest BCUT2D eigenvalue weighted by Gasteiger charge is -2.35. The quantitative estimate of drug-likeness (QED) is 0.730. The topological polar surface area (TPSA) is 57.5 Å². The Bertz CT molecular complexity index is 230. The van der Waals surface area contributed by atoms with Gasteiger partial charge >= 0.3 is 0 Å². The van der Waals surface area contributed by atoms with Crippen molar-refractivity contribution >= 4 is 5.78 Å². The minimum absolute atomic E-state index is 0.128. The van der Waals surface area contributed by atoms with Crippen LogP contribution in [0.1, 0.15) is 40.0 Å². The molecule has 3 heteroatoms. The van der Waals surface area contributed by atoms with Gasteiger partial charge in [0.25, 0.3) is 0 Å². The summed E-state index contributed by atoms with van der Waals surface area (Å²) in [5, 5.41) is 18.6. The highest BCUT2D eigenvalue weighted by atomic mass is 16.3. The van der Waals surface area contributed by atoms with Crippen LogP contribution in [0.25, 0.3) is 0 Å². The molecule has 0 aliphatic heterocycles. The average molecular weight is 214 g/mol. The van der Waals surface area contributed by atoms with Crippen LogP contribution in [-0.2, 0) is 4.79 Å². The number of Topliss-reactive ketones (excluding diaryl/α,β-unsaturated/α-hetero) is 1. The molecule has 0 aromatic heterocycles. The molecule has 15 heavy (non-hydrogen) atoms. The fourth-order valence-corrected chi connectivity index (χ4v) is 2.46. The van der Waals surface area contributed by atoms with E-state index in [0.717, 1.165) is 12.8 Å². The maximum atomic E-state index is 11.6. The highest BCUT2D eigenvalue weighted by molar-refractivity contribution is 5.86. The lowest BCUT2D eigenvalue weighted by atomic mass is 9.70. The third-order valence-corrected chi connectivity index (χ3v) is 3.15. The lowest BCUT2D eigenvalue weighted by Crippen LogP contribution is -2.41. The first-order valence-electron chi connectivity index (χ1n) is 5.68. The largest absolute Gasteiger partial charge is 0.396 e. The van der Waals surface area contributed by atoms with Gasteiger partial charge in [0.1, 0.15) is 6.10 Å². The van der Waals surface area contributed by atoms with Crippen molar-refractivity contribution in [2.75, 3.05) is 6.61 Å². The third kappa shape index (κ3) is 3.28. The number of carbonyl (C=O) groups excluding carboxylic acids is 1. The Hall–Kier alpha value is -0.410. The summed E-state index contributed by atoms with van der Waals surface area (Å²) in [6, 6.07) is 0. The van der Waals surface area contributed by atoms with Gasteiger partial charge in [-0.15, -0.1) is 0 Å². The van der Waals surface area contributed by atoms with Crippen molar-refractivity contribution in [1.82, 2.24) is 0 Å². The molecule has 1 rings (SSSR count). The highest BCUT2D eigenvalue weighted by Gasteiger charge is 2.38. The fraction of sp³-hybridized carbons (Fsp3) is 0.917. The molecule has 3 unspecified atom stereocenters. The van der Waals surface area contributed by atoms with E-state index in [4.69, 9.17) is 0 Å². The molecule has 0 bridgehead atoms. The summed E-state index contributed by atoms with van der Waals surface area (Å²) in [5.74, 6) is -0.295. The van der Waals surface area contributed by atoms with Gasteiger partial charge in [0, 0.05) is 5.92 Å². The van der Waals surface area contributed by atoms with Gasteiger partial charge in [-0.1, -0.05) is 20.8 Å². The van der Waals surface area contributed by atoms with Gasteiger partial charge < -0.3 is 10.2 Å². The molecule has 2 N–H and O–H groups in total. The normalized spacial score (nSPS) is 33.1. The molecule has 0 aromatic rings. The Morgan fingerprint density at radius 2 is 1.93 bits per heavy atom. The molecule has 3 atom stereocenters. The van der Waals surface area contributed by atoms with Crippen molar-refractivity contribution in [1.29, 1.82) is 0 Å². The van der Waals surface area contributed by atoms with Crippen molar-refractivity contribution < 1.29 is 15.0 Å². The van der Waals surface area contributed by atoms with Gasteiger partial charge in [-0.05, 0) is 30.6 Å². The molecule has 1 fully saturated rings. The fourth-order valence-electron chi connectivity index (χ4n) is 2.46. The Kier molecular flexibility index (Phi) is 3.90. The Morgan fingerprint density at radius 3 is 2.40 bits per heavy atom. The molecule has 3 nitrogen and oxygen atoms in total. The second kappa shape index (κ2) is 4.62. The number of hydrogen-bond donors (Lipinski definition) is 2. The van der Waals surface area contributed by atoms with E-state index in [1.165, 1.54) is 0 Å². The molecular formula is C12H22O3. The van der Waals surface area contributed by atoms with Crippen molar-refractivity contribution in [2.45, 2.75) is 46.1 Å². The molecule has 0 amide bonds. The number of ketones is 1. The second-order valence-electron chi connectivity index (χ2n) is 5.81. The zero-order chi connectivity index (χ0) is 11.6. The van der Waals surface area contributed by atoms with Crippen molar-refractivity contribution in [3.63, 3.8) is 0 Å². The maximum Gasteiger partial charge on any atom is 0.166 e. The van der Waals surface area contributed by atoms with Gasteiger partial charge in [-0.2, -0.15) is 0 Å². The number of aliphatic hydroxyl groups is 2. The van der Waals surface area contributed by atoms with Crippen molar-refractivity contribution in [3.05, 3.63) is 0 Å². The monoisotopic (exact) mass is 214 g/mol. The molecule has 0 heterocycles. The van der Waals surface area contributed by atoms with Crippen LogP contribution >= 0.6 is 0 Å². The lowest BCUT2D eigenvalue weighted by molar-refractivity contribution is -0.139. The summed E-state index contributed by atoms with van der Waals surface area (Å²) in [5.41, 5.74) is 0.167. The number of aliphatic hydroxyl groups excluding tert-OH is 2. The van der Waals surface area contributed by atoms with E-state index < -0.39 is 6.10 Å². The first-order chi connectivity index (χ1) is 6.85. The van der Waals surface area contributed by atoms with E-state index >= 15 is 0 Å². The van der Waals surface area contributed by atoms with E-state index in [-0.39, 0.29) is 29.6 Å². The van der Waals surface area contributed by atoms with Gasteiger partial charge in [-0.25, -0.2) is 0 Å². The number of hydrogen-bond acceptors (Lipinski definition) is 3. The molecular weight excluding hydrogens is 192 g/mol. The number of rotatable bonds is 2. The number of carbonyl (C=O) groups is 1. The summed E-state index contributed by atoms with van der Waals surface area (Å²) < 4.78 is 0. The predicted octanol–water partition coefficient (Wildman–Crippen LogP) is 1.37. The van der Waals surface area contributed by atoms with Gasteiger partial charge in [-0.3, -0.25) is 4.79 Å². The van der Waals surface area contributed by atoms with Gasteiger partial charge in [0.15, 0.2) is 5.78 Å². The Balaban J connectivity index is 2.68. The first-order valence-corrected chi connectivity index (χ1v) is 5.68. The van der Waals surface area contributed by atoms with E-state index in [0.29, 0.717) is 6.42 Å².